The second-order valence-corrected chi connectivity index (χ2v) is 3.70. The molecule has 11 heavy (non-hydrogen) atoms. The molecule has 0 aliphatic carbocycles. The van der Waals surface area contributed by atoms with Crippen LogP contribution in [0.3, 0.4) is 0 Å². The fourth-order valence-electron chi connectivity index (χ4n) is 0.640. The molecule has 0 saturated heterocycles. The molecule has 0 fully saturated rings. The maximum Gasteiger partial charge on any atom is 0.183 e. The molecule has 0 bridgehead atoms. The Morgan fingerprint density at radius 2 is 2.27 bits per heavy atom. The third-order valence-electron chi connectivity index (χ3n) is 1.28. The summed E-state index contributed by atoms with van der Waals surface area (Å²) in [5.74, 6) is 0.476. The lowest BCUT2D eigenvalue weighted by Gasteiger charge is -1.92. The summed E-state index contributed by atoms with van der Waals surface area (Å²) >= 11 is 6.45. The van der Waals surface area contributed by atoms with Crippen molar-refractivity contribution in [1.82, 2.24) is 0 Å². The highest BCUT2D eigenvalue weighted by Crippen LogP contribution is 2.30. The van der Waals surface area contributed by atoms with E-state index in [4.69, 9.17) is 9.68 Å². The van der Waals surface area contributed by atoms with Gasteiger partial charge in [-0.15, -0.1) is 0 Å². The van der Waals surface area contributed by atoms with Gasteiger partial charge in [0.25, 0.3) is 0 Å². The third kappa shape index (κ3) is 1.85. The normalized spacial score (nSPS) is 12.5. The molecule has 1 unspecified atom stereocenters. The van der Waals surface area contributed by atoms with Gasteiger partial charge < -0.3 is 4.42 Å². The molecule has 1 rings (SSSR count). The van der Waals surface area contributed by atoms with Crippen molar-refractivity contribution in [2.24, 2.45) is 0 Å². The minimum atomic E-state index is -0.197. The monoisotopic (exact) mass is 277 g/mol. The Hall–Kier alpha value is -0.270. The highest BCUT2D eigenvalue weighted by molar-refractivity contribution is 9.13. The minimum Gasteiger partial charge on any atom is -0.452 e. The van der Waals surface area contributed by atoms with Crippen LogP contribution in [0.1, 0.15) is 18.6 Å². The number of hydrogen-bond donors (Lipinski definition) is 0. The Bertz CT molecular complexity index is 280. The number of rotatable bonds is 1. The molecule has 0 aliphatic heterocycles. The number of nitriles is 1. The van der Waals surface area contributed by atoms with Crippen LogP contribution < -0.4 is 0 Å². The zero-order chi connectivity index (χ0) is 8.43. The van der Waals surface area contributed by atoms with Gasteiger partial charge in [-0.2, -0.15) is 5.26 Å². The largest absolute Gasteiger partial charge is 0.452 e. The van der Waals surface area contributed by atoms with Crippen LogP contribution in [0.25, 0.3) is 0 Å². The van der Waals surface area contributed by atoms with Gasteiger partial charge in [0.2, 0.25) is 0 Å². The molecule has 0 saturated carbocycles. The summed E-state index contributed by atoms with van der Waals surface area (Å²) in [5.41, 5.74) is 0. The van der Waals surface area contributed by atoms with E-state index in [1.54, 1.807) is 13.0 Å². The highest BCUT2D eigenvalue weighted by atomic mass is 79.9. The zero-order valence-corrected chi connectivity index (χ0v) is 8.94. The quantitative estimate of drug-likeness (QED) is 0.789. The van der Waals surface area contributed by atoms with Gasteiger partial charge in [-0.3, -0.25) is 0 Å². The topological polar surface area (TPSA) is 36.9 Å². The lowest BCUT2D eigenvalue weighted by Crippen LogP contribution is -1.83. The van der Waals surface area contributed by atoms with Crippen LogP contribution in [0, 0.1) is 11.3 Å². The van der Waals surface area contributed by atoms with E-state index in [2.05, 4.69) is 37.9 Å². The van der Waals surface area contributed by atoms with Gasteiger partial charge in [0.05, 0.1) is 10.5 Å². The predicted molar refractivity (Wildman–Crippen MR) is 48.1 cm³/mol. The Labute approximate surface area is 81.4 Å². The van der Waals surface area contributed by atoms with Crippen molar-refractivity contribution in [3.63, 3.8) is 0 Å². The van der Waals surface area contributed by atoms with Crippen LogP contribution in [0.2, 0.25) is 0 Å². The summed E-state index contributed by atoms with van der Waals surface area (Å²) in [5, 5.41) is 8.55. The van der Waals surface area contributed by atoms with E-state index in [1.165, 1.54) is 0 Å². The number of hydrogen-bond acceptors (Lipinski definition) is 2. The Balaban J connectivity index is 2.99. The fourth-order valence-corrected chi connectivity index (χ4v) is 1.25. The van der Waals surface area contributed by atoms with Gasteiger partial charge in [0.15, 0.2) is 4.67 Å². The van der Waals surface area contributed by atoms with Gasteiger partial charge in [0.1, 0.15) is 11.7 Å². The third-order valence-corrected chi connectivity index (χ3v) is 2.99. The standard InChI is InChI=1S/C7H5Br2NO/c1-4(3-10)6-2-5(8)7(9)11-6/h2,4H,1H3. The number of halogens is 2. The molecule has 0 amide bonds. The fraction of sp³-hybridized carbons (Fsp3) is 0.286. The van der Waals surface area contributed by atoms with Gasteiger partial charge >= 0.3 is 0 Å². The zero-order valence-electron chi connectivity index (χ0n) is 5.77. The first kappa shape index (κ1) is 8.82. The first-order valence-corrected chi connectivity index (χ1v) is 4.58. The minimum absolute atomic E-state index is 0.197. The maximum absolute atomic E-state index is 8.55. The van der Waals surface area contributed by atoms with Crippen molar-refractivity contribution in [1.29, 1.82) is 5.26 Å². The van der Waals surface area contributed by atoms with Gasteiger partial charge in [-0.25, -0.2) is 0 Å². The second-order valence-electron chi connectivity index (χ2n) is 2.12. The molecule has 58 valence electrons. The van der Waals surface area contributed by atoms with Crippen LogP contribution in [-0.2, 0) is 0 Å². The lowest BCUT2D eigenvalue weighted by atomic mass is 10.1. The summed E-state index contributed by atoms with van der Waals surface area (Å²) < 4.78 is 6.69. The summed E-state index contributed by atoms with van der Waals surface area (Å²) in [6.45, 7) is 1.79. The smallest absolute Gasteiger partial charge is 0.183 e. The molecule has 0 N–H and O–H groups in total. The molecule has 1 atom stereocenters. The van der Waals surface area contributed by atoms with Crippen molar-refractivity contribution in [2.75, 3.05) is 0 Å². The summed E-state index contributed by atoms with van der Waals surface area (Å²) in [6.07, 6.45) is 0. The molecule has 2 nitrogen and oxygen atoms in total. The van der Waals surface area contributed by atoms with E-state index in [9.17, 15) is 0 Å². The first-order chi connectivity index (χ1) is 5.15. The van der Waals surface area contributed by atoms with E-state index >= 15 is 0 Å². The van der Waals surface area contributed by atoms with Crippen molar-refractivity contribution >= 4 is 31.9 Å². The molecule has 0 aromatic carbocycles. The van der Waals surface area contributed by atoms with Crippen LogP contribution in [0.15, 0.2) is 19.6 Å². The van der Waals surface area contributed by atoms with E-state index < -0.39 is 0 Å². The van der Waals surface area contributed by atoms with Crippen molar-refractivity contribution < 1.29 is 4.42 Å². The maximum atomic E-state index is 8.55. The van der Waals surface area contributed by atoms with Crippen LogP contribution >= 0.6 is 31.9 Å². The average Bonchev–Trinajstić information content (AvgIpc) is 2.31. The molecular weight excluding hydrogens is 274 g/mol. The number of nitrogens with zero attached hydrogens (tertiary/aromatic N) is 1. The first-order valence-electron chi connectivity index (χ1n) is 2.99. The second kappa shape index (κ2) is 3.42. The van der Waals surface area contributed by atoms with Crippen LogP contribution in [0.4, 0.5) is 0 Å². The Morgan fingerprint density at radius 3 is 2.64 bits per heavy atom. The van der Waals surface area contributed by atoms with E-state index in [0.717, 1.165) is 4.47 Å². The molecule has 0 radical (unpaired) electrons. The van der Waals surface area contributed by atoms with E-state index in [1.807, 2.05) is 0 Å². The molecule has 0 spiro atoms. The summed E-state index contributed by atoms with van der Waals surface area (Å²) in [7, 11) is 0. The van der Waals surface area contributed by atoms with Crippen molar-refractivity contribution in [2.45, 2.75) is 12.8 Å². The predicted octanol–water partition coefficient (Wildman–Crippen LogP) is 3.43. The van der Waals surface area contributed by atoms with Crippen molar-refractivity contribution in [3.05, 3.63) is 21.0 Å². The Morgan fingerprint density at radius 1 is 1.64 bits per heavy atom. The van der Waals surface area contributed by atoms with Crippen LogP contribution in [0.5, 0.6) is 0 Å². The van der Waals surface area contributed by atoms with Gasteiger partial charge in [0, 0.05) is 0 Å². The van der Waals surface area contributed by atoms with E-state index in [-0.39, 0.29) is 5.92 Å². The van der Waals surface area contributed by atoms with Gasteiger partial charge in [-0.1, -0.05) is 0 Å². The SMILES string of the molecule is CC(C#N)c1cc(Br)c(Br)o1. The molecule has 0 aliphatic rings. The average molecular weight is 279 g/mol. The highest BCUT2D eigenvalue weighted by Gasteiger charge is 2.11. The molecule has 1 aromatic heterocycles. The molecule has 1 heterocycles. The van der Waals surface area contributed by atoms with Crippen molar-refractivity contribution in [3.8, 4) is 6.07 Å². The summed E-state index contributed by atoms with van der Waals surface area (Å²) in [4.78, 5) is 0. The van der Waals surface area contributed by atoms with E-state index in [0.29, 0.717) is 10.4 Å². The molecule has 4 heteroatoms. The summed E-state index contributed by atoms with van der Waals surface area (Å²) in [6, 6.07) is 3.88. The molecule has 1 aromatic rings. The lowest BCUT2D eigenvalue weighted by molar-refractivity contribution is 0.480. The van der Waals surface area contributed by atoms with Gasteiger partial charge in [-0.05, 0) is 44.8 Å². The molecular formula is C7H5Br2NO. The Kier molecular flexibility index (Phi) is 2.74. The van der Waals surface area contributed by atoms with Crippen LogP contribution in [-0.4, -0.2) is 0 Å². The number of furan rings is 1.